The molecule has 0 saturated carbocycles. The number of aromatic nitrogens is 1. The van der Waals surface area contributed by atoms with E-state index in [2.05, 4.69) is 27.4 Å². The number of hydrogen-bond donors (Lipinski definition) is 2. The number of anilines is 1. The molecule has 1 fully saturated rings. The predicted octanol–water partition coefficient (Wildman–Crippen LogP) is 4.50. The number of rotatable bonds is 7. The second-order valence-corrected chi connectivity index (χ2v) is 8.72. The van der Waals surface area contributed by atoms with E-state index < -0.39 is 0 Å². The quantitative estimate of drug-likeness (QED) is 0.565. The molecule has 0 aliphatic carbocycles. The molecule has 2 amide bonds. The van der Waals surface area contributed by atoms with Crippen molar-refractivity contribution < 1.29 is 9.59 Å². The first-order valence-electron chi connectivity index (χ1n) is 11.5. The largest absolute Gasteiger partial charge is 0.348 e. The number of hydrogen-bond acceptors (Lipinski definition) is 4. The fraction of sp³-hybridized carbons (Fsp3) is 0.296. The van der Waals surface area contributed by atoms with Gasteiger partial charge in [-0.15, -0.1) is 0 Å². The molecule has 1 atom stereocenters. The molecule has 1 aliphatic rings. The lowest BCUT2D eigenvalue weighted by molar-refractivity contribution is 0.0951. The second kappa shape index (κ2) is 10.9. The first-order chi connectivity index (χ1) is 16.1. The molecule has 33 heavy (non-hydrogen) atoms. The van der Waals surface area contributed by atoms with Gasteiger partial charge < -0.3 is 10.6 Å². The molecular weight excluding hydrogens is 412 g/mol. The fourth-order valence-electron chi connectivity index (χ4n) is 4.21. The van der Waals surface area contributed by atoms with Crippen LogP contribution in [0.15, 0.2) is 73.1 Å². The highest BCUT2D eigenvalue weighted by Crippen LogP contribution is 2.19. The molecule has 0 spiro atoms. The van der Waals surface area contributed by atoms with Gasteiger partial charge in [0.2, 0.25) is 0 Å². The number of carbonyl (C=O) groups excluding carboxylic acids is 2. The maximum atomic E-state index is 12.9. The van der Waals surface area contributed by atoms with Crippen LogP contribution in [0.1, 0.15) is 51.6 Å². The Morgan fingerprint density at radius 3 is 2.58 bits per heavy atom. The van der Waals surface area contributed by atoms with E-state index in [0.717, 1.165) is 31.1 Å². The smallest absolute Gasteiger partial charge is 0.255 e. The van der Waals surface area contributed by atoms with E-state index in [0.29, 0.717) is 23.4 Å². The van der Waals surface area contributed by atoms with Crippen LogP contribution in [-0.2, 0) is 13.1 Å². The van der Waals surface area contributed by atoms with Crippen LogP contribution in [-0.4, -0.2) is 34.8 Å². The van der Waals surface area contributed by atoms with Crippen LogP contribution in [0.3, 0.4) is 0 Å². The zero-order chi connectivity index (χ0) is 23.0. The molecular formula is C27H30N4O2. The first-order valence-corrected chi connectivity index (χ1v) is 11.5. The van der Waals surface area contributed by atoms with Crippen LogP contribution in [0.25, 0.3) is 0 Å². The van der Waals surface area contributed by atoms with Crippen LogP contribution in [0.5, 0.6) is 0 Å². The third-order valence-electron chi connectivity index (χ3n) is 5.96. The van der Waals surface area contributed by atoms with Crippen molar-refractivity contribution in [2.24, 2.45) is 5.92 Å². The summed E-state index contributed by atoms with van der Waals surface area (Å²) >= 11 is 0. The van der Waals surface area contributed by atoms with E-state index in [9.17, 15) is 9.59 Å². The minimum Gasteiger partial charge on any atom is -0.348 e. The maximum Gasteiger partial charge on any atom is 0.255 e. The lowest BCUT2D eigenvalue weighted by atomic mass is 9.99. The van der Waals surface area contributed by atoms with Gasteiger partial charge in [-0.2, -0.15) is 0 Å². The number of likely N-dealkylation sites (tertiary alicyclic amines) is 1. The van der Waals surface area contributed by atoms with E-state index in [1.54, 1.807) is 36.7 Å². The molecule has 170 valence electrons. The lowest BCUT2D eigenvalue weighted by Gasteiger charge is -2.30. The van der Waals surface area contributed by atoms with Gasteiger partial charge in [-0.25, -0.2) is 0 Å². The molecule has 2 aromatic carbocycles. The summed E-state index contributed by atoms with van der Waals surface area (Å²) < 4.78 is 0. The van der Waals surface area contributed by atoms with Crippen molar-refractivity contribution in [3.05, 3.63) is 95.3 Å². The number of amides is 2. The highest BCUT2D eigenvalue weighted by Gasteiger charge is 2.17. The summed E-state index contributed by atoms with van der Waals surface area (Å²) in [6.45, 7) is 5.84. The summed E-state index contributed by atoms with van der Waals surface area (Å²) in [5, 5.41) is 5.77. The van der Waals surface area contributed by atoms with Crippen molar-refractivity contribution in [2.45, 2.75) is 32.9 Å². The normalized spacial score (nSPS) is 16.2. The molecule has 3 aromatic rings. The van der Waals surface area contributed by atoms with Crippen molar-refractivity contribution in [3.63, 3.8) is 0 Å². The minimum absolute atomic E-state index is 0.236. The monoisotopic (exact) mass is 442 g/mol. The van der Waals surface area contributed by atoms with Crippen LogP contribution in [0, 0.1) is 5.92 Å². The molecule has 1 unspecified atom stereocenters. The number of carbonyl (C=O) groups is 2. The number of piperidine rings is 1. The summed E-state index contributed by atoms with van der Waals surface area (Å²) in [4.78, 5) is 32.1. The Morgan fingerprint density at radius 2 is 1.82 bits per heavy atom. The molecule has 2 heterocycles. The van der Waals surface area contributed by atoms with Crippen LogP contribution in [0.4, 0.5) is 5.69 Å². The van der Waals surface area contributed by atoms with Gasteiger partial charge in [0, 0.05) is 37.6 Å². The fourth-order valence-corrected chi connectivity index (χ4v) is 4.21. The maximum absolute atomic E-state index is 12.9. The van der Waals surface area contributed by atoms with Gasteiger partial charge in [-0.05, 0) is 66.8 Å². The van der Waals surface area contributed by atoms with E-state index in [1.807, 2.05) is 36.4 Å². The van der Waals surface area contributed by atoms with Gasteiger partial charge >= 0.3 is 0 Å². The summed E-state index contributed by atoms with van der Waals surface area (Å²) in [6.07, 6.45) is 5.95. The van der Waals surface area contributed by atoms with Gasteiger partial charge in [0.05, 0.1) is 11.3 Å². The van der Waals surface area contributed by atoms with Crippen molar-refractivity contribution in [2.75, 3.05) is 18.4 Å². The van der Waals surface area contributed by atoms with Crippen molar-refractivity contribution in [1.29, 1.82) is 0 Å². The summed E-state index contributed by atoms with van der Waals surface area (Å²) in [7, 11) is 0. The van der Waals surface area contributed by atoms with Crippen molar-refractivity contribution >= 4 is 17.5 Å². The first kappa shape index (κ1) is 22.7. The molecule has 0 bridgehead atoms. The molecule has 0 radical (unpaired) electrons. The highest BCUT2D eigenvalue weighted by atomic mass is 16.2. The van der Waals surface area contributed by atoms with Gasteiger partial charge in [0.1, 0.15) is 0 Å². The minimum atomic E-state index is -0.249. The predicted molar refractivity (Wildman–Crippen MR) is 130 cm³/mol. The van der Waals surface area contributed by atoms with Gasteiger partial charge in [0.15, 0.2) is 0 Å². The average molecular weight is 443 g/mol. The highest BCUT2D eigenvalue weighted by molar-refractivity contribution is 6.09. The summed E-state index contributed by atoms with van der Waals surface area (Å²) in [6, 6.07) is 18.5. The number of benzene rings is 2. The zero-order valence-corrected chi connectivity index (χ0v) is 19.0. The Hall–Kier alpha value is -3.51. The Kier molecular flexibility index (Phi) is 7.47. The van der Waals surface area contributed by atoms with Crippen LogP contribution < -0.4 is 10.6 Å². The van der Waals surface area contributed by atoms with E-state index in [1.165, 1.54) is 18.4 Å². The topological polar surface area (TPSA) is 74.3 Å². The van der Waals surface area contributed by atoms with E-state index >= 15 is 0 Å². The third-order valence-corrected chi connectivity index (χ3v) is 5.96. The molecule has 2 N–H and O–H groups in total. The van der Waals surface area contributed by atoms with E-state index in [-0.39, 0.29) is 11.8 Å². The second-order valence-electron chi connectivity index (χ2n) is 8.72. The molecule has 6 heteroatoms. The third kappa shape index (κ3) is 6.26. The van der Waals surface area contributed by atoms with Crippen LogP contribution in [0.2, 0.25) is 0 Å². The van der Waals surface area contributed by atoms with Gasteiger partial charge in [-0.1, -0.05) is 37.3 Å². The molecule has 4 rings (SSSR count). The zero-order valence-electron chi connectivity index (χ0n) is 19.0. The average Bonchev–Trinajstić information content (AvgIpc) is 2.84. The van der Waals surface area contributed by atoms with Crippen LogP contribution >= 0.6 is 0 Å². The number of pyridine rings is 1. The van der Waals surface area contributed by atoms with E-state index in [4.69, 9.17) is 0 Å². The Morgan fingerprint density at radius 1 is 1.00 bits per heavy atom. The Labute approximate surface area is 195 Å². The van der Waals surface area contributed by atoms with Crippen molar-refractivity contribution in [1.82, 2.24) is 15.2 Å². The standard InChI is InChI=1S/C27H30N4O2/c1-20-6-5-15-31(18-20)19-21-10-12-23(13-11-21)26(32)30-25-9-3-2-8-24(25)27(33)29-17-22-7-4-14-28-16-22/h2-4,7-14,16,20H,5-6,15,17-19H2,1H3,(H,29,33)(H,30,32). The van der Waals surface area contributed by atoms with Crippen molar-refractivity contribution in [3.8, 4) is 0 Å². The Bertz CT molecular complexity index is 1080. The lowest BCUT2D eigenvalue weighted by Crippen LogP contribution is -2.33. The van der Waals surface area contributed by atoms with Gasteiger partial charge in [-0.3, -0.25) is 19.5 Å². The summed E-state index contributed by atoms with van der Waals surface area (Å²) in [5.74, 6) is 0.256. The number of nitrogens with zero attached hydrogens (tertiary/aromatic N) is 2. The number of nitrogens with one attached hydrogen (secondary N) is 2. The molecule has 1 aromatic heterocycles. The SMILES string of the molecule is CC1CCCN(Cc2ccc(C(=O)Nc3ccccc3C(=O)NCc3cccnc3)cc2)C1. The molecule has 1 aliphatic heterocycles. The van der Waals surface area contributed by atoms with Gasteiger partial charge in [0.25, 0.3) is 11.8 Å². The summed E-state index contributed by atoms with van der Waals surface area (Å²) in [5.41, 5.74) is 3.58. The molecule has 6 nitrogen and oxygen atoms in total. The Balaban J connectivity index is 1.37. The number of para-hydroxylation sites is 1. The molecule has 1 saturated heterocycles.